The molecule has 0 aliphatic rings. The van der Waals surface area contributed by atoms with Crippen molar-refractivity contribution in [2.75, 3.05) is 7.11 Å². The summed E-state index contributed by atoms with van der Waals surface area (Å²) in [5.41, 5.74) is 0. The van der Waals surface area contributed by atoms with E-state index in [0.717, 1.165) is 25.0 Å². The van der Waals surface area contributed by atoms with Crippen molar-refractivity contribution in [2.24, 2.45) is 11.8 Å². The normalized spacial score (nSPS) is 12.3. The highest BCUT2D eigenvalue weighted by molar-refractivity contribution is 5.92. The van der Waals surface area contributed by atoms with Crippen molar-refractivity contribution in [3.05, 3.63) is 11.8 Å². The summed E-state index contributed by atoms with van der Waals surface area (Å²) < 4.78 is 5.21. The summed E-state index contributed by atoms with van der Waals surface area (Å²) in [4.78, 5) is 11.8. The highest BCUT2D eigenvalue weighted by atomic mass is 16.5. The van der Waals surface area contributed by atoms with Gasteiger partial charge in [-0.25, -0.2) is 0 Å². The first-order chi connectivity index (χ1) is 7.04. The zero-order valence-electron chi connectivity index (χ0n) is 10.7. The average Bonchev–Trinajstić information content (AvgIpc) is 2.17. The van der Waals surface area contributed by atoms with Crippen LogP contribution in [0.25, 0.3) is 0 Å². The van der Waals surface area contributed by atoms with Gasteiger partial charge in [-0.05, 0) is 18.8 Å². The van der Waals surface area contributed by atoms with E-state index < -0.39 is 0 Å². The van der Waals surface area contributed by atoms with Gasteiger partial charge in [-0.3, -0.25) is 4.79 Å². The van der Waals surface area contributed by atoms with E-state index in [9.17, 15) is 4.79 Å². The van der Waals surface area contributed by atoms with Gasteiger partial charge in [-0.2, -0.15) is 0 Å². The molecule has 0 aromatic rings. The van der Waals surface area contributed by atoms with Gasteiger partial charge in [0, 0.05) is 18.4 Å². The number of rotatable bonds is 7. The molecule has 0 aliphatic heterocycles. The number of ether oxygens (including phenoxy) is 1. The lowest BCUT2D eigenvalue weighted by atomic mass is 9.97. The summed E-state index contributed by atoms with van der Waals surface area (Å²) in [6, 6.07) is 0. The van der Waals surface area contributed by atoms with Crippen LogP contribution in [0.3, 0.4) is 0 Å². The van der Waals surface area contributed by atoms with E-state index in [1.54, 1.807) is 13.2 Å². The van der Waals surface area contributed by atoms with Gasteiger partial charge in [0.1, 0.15) is 0 Å². The molecule has 0 rings (SSSR count). The molecule has 0 radical (unpaired) electrons. The summed E-state index contributed by atoms with van der Waals surface area (Å²) >= 11 is 0. The molecule has 0 spiro atoms. The zero-order chi connectivity index (χ0) is 11.8. The maximum Gasteiger partial charge on any atom is 0.162 e. The lowest BCUT2D eigenvalue weighted by Gasteiger charge is -2.11. The maximum absolute atomic E-state index is 11.8. The lowest BCUT2D eigenvalue weighted by molar-refractivity contribution is -0.118. The predicted molar refractivity (Wildman–Crippen MR) is 63.6 cm³/mol. The Hall–Kier alpha value is -0.790. The molecule has 0 aromatic carbocycles. The Morgan fingerprint density at radius 3 is 2.13 bits per heavy atom. The minimum absolute atomic E-state index is 0.155. The van der Waals surface area contributed by atoms with E-state index in [1.165, 1.54) is 0 Å². The van der Waals surface area contributed by atoms with Crippen LogP contribution in [-0.4, -0.2) is 12.9 Å². The molecule has 0 amide bonds. The summed E-state index contributed by atoms with van der Waals surface area (Å²) in [5.74, 6) is 1.69. The zero-order valence-corrected chi connectivity index (χ0v) is 10.7. The molecule has 0 fully saturated rings. The standard InChI is InChI=1S/C13H24O2/c1-6-11(7-2)13(14)9-12(15-5)8-10(3)4/h9-11H,6-8H2,1-5H3/b12-9-. The molecule has 0 aromatic heterocycles. The van der Waals surface area contributed by atoms with Gasteiger partial charge in [-0.15, -0.1) is 0 Å². The smallest absolute Gasteiger partial charge is 0.162 e. The van der Waals surface area contributed by atoms with E-state index in [2.05, 4.69) is 27.7 Å². The van der Waals surface area contributed by atoms with Crippen LogP contribution in [0.15, 0.2) is 11.8 Å². The molecule has 0 saturated carbocycles. The predicted octanol–water partition coefficient (Wildman–Crippen LogP) is 3.57. The minimum Gasteiger partial charge on any atom is -0.501 e. The van der Waals surface area contributed by atoms with Crippen LogP contribution in [-0.2, 0) is 9.53 Å². The Kier molecular flexibility index (Phi) is 7.10. The van der Waals surface area contributed by atoms with E-state index in [1.807, 2.05) is 0 Å². The molecule has 0 unspecified atom stereocenters. The third-order valence-corrected chi connectivity index (χ3v) is 2.56. The second-order valence-corrected chi connectivity index (χ2v) is 4.33. The minimum atomic E-state index is 0.155. The van der Waals surface area contributed by atoms with Gasteiger partial charge in [0.15, 0.2) is 5.78 Å². The van der Waals surface area contributed by atoms with Crippen molar-refractivity contribution in [3.8, 4) is 0 Å². The van der Waals surface area contributed by atoms with E-state index in [0.29, 0.717) is 5.92 Å². The second kappa shape index (κ2) is 7.49. The Bertz CT molecular complexity index is 213. The number of carbonyl (C=O) groups excluding carboxylic acids is 1. The lowest BCUT2D eigenvalue weighted by Crippen LogP contribution is -2.11. The van der Waals surface area contributed by atoms with Crippen LogP contribution in [0.2, 0.25) is 0 Å². The number of ketones is 1. The fraction of sp³-hybridized carbons (Fsp3) is 0.769. The highest BCUT2D eigenvalue weighted by Crippen LogP contribution is 2.15. The van der Waals surface area contributed by atoms with Crippen molar-refractivity contribution in [2.45, 2.75) is 47.0 Å². The van der Waals surface area contributed by atoms with Crippen LogP contribution in [0.1, 0.15) is 47.0 Å². The topological polar surface area (TPSA) is 26.3 Å². The largest absolute Gasteiger partial charge is 0.501 e. The molecule has 0 atom stereocenters. The number of hydrogen-bond acceptors (Lipinski definition) is 2. The first-order valence-corrected chi connectivity index (χ1v) is 5.83. The van der Waals surface area contributed by atoms with E-state index in [-0.39, 0.29) is 11.7 Å². The van der Waals surface area contributed by atoms with Crippen molar-refractivity contribution < 1.29 is 9.53 Å². The van der Waals surface area contributed by atoms with E-state index >= 15 is 0 Å². The van der Waals surface area contributed by atoms with Gasteiger partial charge in [0.05, 0.1) is 12.9 Å². The Morgan fingerprint density at radius 1 is 1.27 bits per heavy atom. The molecule has 2 heteroatoms. The van der Waals surface area contributed by atoms with Crippen LogP contribution in [0.4, 0.5) is 0 Å². The fourth-order valence-corrected chi connectivity index (χ4v) is 1.57. The SMILES string of the molecule is CCC(CC)C(=O)/C=C(/CC(C)C)OC. The first kappa shape index (κ1) is 14.2. The first-order valence-electron chi connectivity index (χ1n) is 5.83. The summed E-state index contributed by atoms with van der Waals surface area (Å²) in [5, 5.41) is 0. The molecular formula is C13H24O2. The van der Waals surface area contributed by atoms with Gasteiger partial charge in [0.2, 0.25) is 0 Å². The number of hydrogen-bond donors (Lipinski definition) is 0. The fourth-order valence-electron chi connectivity index (χ4n) is 1.57. The molecule has 0 aliphatic carbocycles. The highest BCUT2D eigenvalue weighted by Gasteiger charge is 2.13. The van der Waals surface area contributed by atoms with E-state index in [4.69, 9.17) is 4.74 Å². The third-order valence-electron chi connectivity index (χ3n) is 2.56. The van der Waals surface area contributed by atoms with Gasteiger partial charge >= 0.3 is 0 Å². The Balaban J connectivity index is 4.46. The molecular weight excluding hydrogens is 188 g/mol. The molecule has 0 heterocycles. The molecule has 0 saturated heterocycles. The molecule has 2 nitrogen and oxygen atoms in total. The summed E-state index contributed by atoms with van der Waals surface area (Å²) in [6.07, 6.45) is 4.33. The van der Waals surface area contributed by atoms with Gasteiger partial charge in [0.25, 0.3) is 0 Å². The van der Waals surface area contributed by atoms with Gasteiger partial charge < -0.3 is 4.74 Å². The number of methoxy groups -OCH3 is 1. The molecule has 0 bridgehead atoms. The van der Waals surface area contributed by atoms with Crippen molar-refractivity contribution in [1.29, 1.82) is 0 Å². The van der Waals surface area contributed by atoms with Crippen molar-refractivity contribution in [3.63, 3.8) is 0 Å². The Morgan fingerprint density at radius 2 is 1.80 bits per heavy atom. The van der Waals surface area contributed by atoms with Crippen molar-refractivity contribution >= 4 is 5.78 Å². The third kappa shape index (κ3) is 5.60. The van der Waals surface area contributed by atoms with Crippen LogP contribution in [0.5, 0.6) is 0 Å². The maximum atomic E-state index is 11.8. The summed E-state index contributed by atoms with van der Waals surface area (Å²) in [7, 11) is 1.63. The Labute approximate surface area is 93.7 Å². The van der Waals surface area contributed by atoms with Crippen LogP contribution < -0.4 is 0 Å². The van der Waals surface area contributed by atoms with Crippen molar-refractivity contribution in [1.82, 2.24) is 0 Å². The summed E-state index contributed by atoms with van der Waals surface area (Å²) in [6.45, 7) is 8.34. The molecule has 15 heavy (non-hydrogen) atoms. The van der Waals surface area contributed by atoms with Gasteiger partial charge in [-0.1, -0.05) is 27.7 Å². The van der Waals surface area contributed by atoms with Crippen LogP contribution in [0, 0.1) is 11.8 Å². The second-order valence-electron chi connectivity index (χ2n) is 4.33. The molecule has 0 N–H and O–H groups in total. The van der Waals surface area contributed by atoms with Crippen LogP contribution >= 0.6 is 0 Å². The molecule has 88 valence electrons. The average molecular weight is 212 g/mol. The quantitative estimate of drug-likeness (QED) is 0.476. The number of carbonyl (C=O) groups is 1. The number of allylic oxidation sites excluding steroid dienone is 2. The monoisotopic (exact) mass is 212 g/mol.